The van der Waals surface area contributed by atoms with E-state index < -0.39 is 11.7 Å². The molecule has 2 aromatic carbocycles. The maximum Gasteiger partial charge on any atom is 0.416 e. The summed E-state index contributed by atoms with van der Waals surface area (Å²) in [7, 11) is 0. The summed E-state index contributed by atoms with van der Waals surface area (Å²) < 4.78 is 40.3. The molecule has 0 spiro atoms. The molecule has 1 amide bonds. The van der Waals surface area contributed by atoms with Crippen molar-refractivity contribution >= 4 is 5.91 Å². The van der Waals surface area contributed by atoms with E-state index in [0.29, 0.717) is 25.6 Å². The highest BCUT2D eigenvalue weighted by Gasteiger charge is 2.30. The Kier molecular flexibility index (Phi) is 8.66. The van der Waals surface area contributed by atoms with E-state index in [0.717, 1.165) is 56.1 Å². The largest absolute Gasteiger partial charge is 0.416 e. The van der Waals surface area contributed by atoms with Crippen LogP contribution >= 0.6 is 0 Å². The van der Waals surface area contributed by atoms with Gasteiger partial charge in [-0.1, -0.05) is 32.0 Å². The Balaban J connectivity index is 1.22. The van der Waals surface area contributed by atoms with Gasteiger partial charge in [0.2, 0.25) is 0 Å². The average Bonchev–Trinajstić information content (AvgIpc) is 3.28. The highest BCUT2D eigenvalue weighted by molar-refractivity contribution is 5.94. The molecule has 4 rings (SSSR count). The van der Waals surface area contributed by atoms with Crippen molar-refractivity contribution in [2.75, 3.05) is 39.3 Å². The van der Waals surface area contributed by atoms with Crippen LogP contribution in [-0.2, 0) is 19.1 Å². The Morgan fingerprint density at radius 2 is 1.68 bits per heavy atom. The molecule has 0 radical (unpaired) electrons. The lowest BCUT2D eigenvalue weighted by Crippen LogP contribution is -2.50. The Morgan fingerprint density at radius 3 is 2.30 bits per heavy atom. The zero-order valence-corrected chi connectivity index (χ0v) is 21.3. The van der Waals surface area contributed by atoms with Crippen LogP contribution in [0.15, 0.2) is 60.7 Å². The molecule has 3 aromatic rings. The van der Waals surface area contributed by atoms with Crippen LogP contribution in [0, 0.1) is 5.92 Å². The molecular weight excluding hydrogens is 479 g/mol. The van der Waals surface area contributed by atoms with Gasteiger partial charge in [0.25, 0.3) is 5.91 Å². The number of hydrogen-bond donors (Lipinski definition) is 1. The van der Waals surface area contributed by atoms with Crippen molar-refractivity contribution in [1.29, 1.82) is 0 Å². The maximum atomic E-state index is 12.8. The molecule has 0 saturated carbocycles. The summed E-state index contributed by atoms with van der Waals surface area (Å²) in [4.78, 5) is 16.7. The topological polar surface area (TPSA) is 53.4 Å². The number of benzene rings is 2. The first-order chi connectivity index (χ1) is 17.7. The first-order valence-corrected chi connectivity index (χ1v) is 12.7. The Morgan fingerprint density at radius 1 is 1.00 bits per heavy atom. The van der Waals surface area contributed by atoms with E-state index in [2.05, 4.69) is 42.3 Å². The maximum absolute atomic E-state index is 12.8. The fraction of sp³-hybridized carbons (Fsp3) is 0.429. The normalized spacial score (nSPS) is 14.9. The van der Waals surface area contributed by atoms with Crippen LogP contribution in [-0.4, -0.2) is 64.8 Å². The van der Waals surface area contributed by atoms with E-state index in [1.807, 2.05) is 22.9 Å². The molecule has 37 heavy (non-hydrogen) atoms. The summed E-state index contributed by atoms with van der Waals surface area (Å²) in [6.45, 7) is 9.31. The molecule has 6 nitrogen and oxygen atoms in total. The molecule has 1 aliphatic heterocycles. The lowest BCUT2D eigenvalue weighted by Gasteiger charge is -2.34. The lowest BCUT2D eigenvalue weighted by atomic mass is 10.1. The van der Waals surface area contributed by atoms with E-state index >= 15 is 0 Å². The first kappa shape index (κ1) is 26.9. The SMILES string of the molecule is CC(C)Cc1cc(CNCCN2CCN(C(=O)c3ccc(C(F)(F)F)cc3)CC2)nn1-c1ccccc1. The molecule has 1 saturated heterocycles. The van der Waals surface area contributed by atoms with Gasteiger partial charge in [-0.25, -0.2) is 4.68 Å². The number of carbonyl (C=O) groups is 1. The number of nitrogens with zero attached hydrogens (tertiary/aromatic N) is 4. The van der Waals surface area contributed by atoms with Crippen LogP contribution in [0.25, 0.3) is 5.69 Å². The fourth-order valence-corrected chi connectivity index (χ4v) is 4.53. The molecule has 1 aliphatic rings. The van der Waals surface area contributed by atoms with Crippen LogP contribution in [0.1, 0.15) is 41.2 Å². The third kappa shape index (κ3) is 7.20. The number of carbonyl (C=O) groups excluding carboxylic acids is 1. The van der Waals surface area contributed by atoms with Gasteiger partial charge in [0.1, 0.15) is 0 Å². The number of alkyl halides is 3. The highest BCUT2D eigenvalue weighted by atomic mass is 19.4. The average molecular weight is 514 g/mol. The summed E-state index contributed by atoms with van der Waals surface area (Å²) >= 11 is 0. The van der Waals surface area contributed by atoms with Gasteiger partial charge in [0.05, 0.1) is 16.9 Å². The molecular formula is C28H34F3N5O. The zero-order valence-electron chi connectivity index (χ0n) is 21.3. The summed E-state index contributed by atoms with van der Waals surface area (Å²) in [5.41, 5.74) is 2.81. The van der Waals surface area contributed by atoms with Gasteiger partial charge >= 0.3 is 6.18 Å². The second-order valence-electron chi connectivity index (χ2n) is 9.86. The van der Waals surface area contributed by atoms with Gasteiger partial charge in [-0.3, -0.25) is 9.69 Å². The number of amides is 1. The van der Waals surface area contributed by atoms with Crippen molar-refractivity contribution in [2.45, 2.75) is 33.0 Å². The van der Waals surface area contributed by atoms with E-state index in [1.165, 1.54) is 17.8 Å². The summed E-state index contributed by atoms with van der Waals surface area (Å²) in [5, 5.41) is 8.31. The number of piperazine rings is 1. The van der Waals surface area contributed by atoms with Gasteiger partial charge in [-0.15, -0.1) is 0 Å². The van der Waals surface area contributed by atoms with Crippen molar-refractivity contribution in [3.8, 4) is 5.69 Å². The van der Waals surface area contributed by atoms with Crippen LogP contribution in [0.3, 0.4) is 0 Å². The van der Waals surface area contributed by atoms with E-state index in [-0.39, 0.29) is 11.5 Å². The smallest absolute Gasteiger partial charge is 0.336 e. The summed E-state index contributed by atoms with van der Waals surface area (Å²) in [5.74, 6) is 0.308. The number of aromatic nitrogens is 2. The lowest BCUT2D eigenvalue weighted by molar-refractivity contribution is -0.137. The minimum Gasteiger partial charge on any atom is -0.336 e. The monoisotopic (exact) mass is 513 g/mol. The second-order valence-corrected chi connectivity index (χ2v) is 9.86. The second kappa shape index (κ2) is 11.9. The van der Waals surface area contributed by atoms with Gasteiger partial charge in [0, 0.05) is 57.1 Å². The van der Waals surface area contributed by atoms with Crippen LogP contribution < -0.4 is 5.32 Å². The molecule has 0 aliphatic carbocycles. The third-order valence-corrected chi connectivity index (χ3v) is 6.48. The number of hydrogen-bond acceptors (Lipinski definition) is 4. The minimum atomic E-state index is -4.40. The van der Waals surface area contributed by atoms with Gasteiger partial charge in [-0.05, 0) is 54.8 Å². The Labute approximate surface area is 216 Å². The van der Waals surface area contributed by atoms with Crippen molar-refractivity contribution in [3.05, 3.63) is 83.2 Å². The number of para-hydroxylation sites is 1. The fourth-order valence-electron chi connectivity index (χ4n) is 4.53. The molecule has 198 valence electrons. The van der Waals surface area contributed by atoms with Gasteiger partial charge < -0.3 is 10.2 Å². The molecule has 2 heterocycles. The first-order valence-electron chi connectivity index (χ1n) is 12.7. The summed E-state index contributed by atoms with van der Waals surface area (Å²) in [6.07, 6.45) is -3.45. The third-order valence-electron chi connectivity index (χ3n) is 6.48. The number of nitrogens with one attached hydrogen (secondary N) is 1. The van der Waals surface area contributed by atoms with Crippen molar-refractivity contribution in [3.63, 3.8) is 0 Å². The van der Waals surface area contributed by atoms with Gasteiger partial charge in [0.15, 0.2) is 0 Å². The van der Waals surface area contributed by atoms with E-state index in [4.69, 9.17) is 5.10 Å². The molecule has 0 bridgehead atoms. The Hall–Kier alpha value is -3.17. The van der Waals surface area contributed by atoms with Crippen molar-refractivity contribution in [1.82, 2.24) is 24.9 Å². The molecule has 9 heteroatoms. The van der Waals surface area contributed by atoms with Gasteiger partial charge in [-0.2, -0.15) is 18.3 Å². The molecule has 1 N–H and O–H groups in total. The molecule has 0 unspecified atom stereocenters. The predicted molar refractivity (Wildman–Crippen MR) is 138 cm³/mol. The van der Waals surface area contributed by atoms with Crippen LogP contribution in [0.2, 0.25) is 0 Å². The summed E-state index contributed by atoms with van der Waals surface area (Å²) in [6, 6.07) is 16.8. The van der Waals surface area contributed by atoms with E-state index in [1.54, 1.807) is 4.90 Å². The standard InChI is InChI=1S/C28H34F3N5O/c1-21(2)18-26-19-24(33-36(26)25-6-4-3-5-7-25)20-32-12-13-34-14-16-35(17-15-34)27(37)22-8-10-23(11-9-22)28(29,30)31/h3-11,19,21,32H,12-18,20H2,1-2H3. The van der Waals surface area contributed by atoms with Crippen LogP contribution in [0.4, 0.5) is 13.2 Å². The zero-order chi connectivity index (χ0) is 26.4. The molecule has 1 aromatic heterocycles. The predicted octanol–water partition coefficient (Wildman–Crippen LogP) is 4.64. The highest BCUT2D eigenvalue weighted by Crippen LogP contribution is 2.29. The van der Waals surface area contributed by atoms with Crippen LogP contribution in [0.5, 0.6) is 0 Å². The van der Waals surface area contributed by atoms with Crippen molar-refractivity contribution in [2.24, 2.45) is 5.92 Å². The Bertz CT molecular complexity index is 1150. The minimum absolute atomic E-state index is 0.224. The molecule has 0 atom stereocenters. The van der Waals surface area contributed by atoms with E-state index in [9.17, 15) is 18.0 Å². The molecule has 1 fully saturated rings. The number of halogens is 3. The number of rotatable bonds is 9. The quantitative estimate of drug-likeness (QED) is 0.424. The van der Waals surface area contributed by atoms with Crippen molar-refractivity contribution < 1.29 is 18.0 Å².